The summed E-state index contributed by atoms with van der Waals surface area (Å²) in [6.07, 6.45) is -10.3. The summed E-state index contributed by atoms with van der Waals surface area (Å²) in [7, 11) is 0. The van der Waals surface area contributed by atoms with Crippen LogP contribution in [-0.2, 0) is 12.4 Å². The molecule has 0 aliphatic heterocycles. The summed E-state index contributed by atoms with van der Waals surface area (Å²) in [5.74, 6) is 0. The zero-order valence-electron chi connectivity index (χ0n) is 48.7. The van der Waals surface area contributed by atoms with E-state index < -0.39 is 29.0 Å². The van der Waals surface area contributed by atoms with E-state index in [2.05, 4.69) is 204 Å². The van der Waals surface area contributed by atoms with Crippen LogP contribution in [0, 0.1) is 66.7 Å². The minimum absolute atomic E-state index is 0.285. The molecule has 86 heavy (non-hydrogen) atoms. The fourth-order valence-electron chi connectivity index (χ4n) is 13.3. The number of aromatic nitrogens is 2. The Balaban J connectivity index is 1.15. The first-order chi connectivity index (χ1) is 41.1. The lowest BCUT2D eigenvalue weighted by molar-refractivity contribution is -0.142. The molecule has 9 heteroatoms. The third-order valence-corrected chi connectivity index (χ3v) is 16.6. The molecule has 3 nitrogen and oxygen atoms in total. The molecule has 0 spiro atoms. The fourth-order valence-corrected chi connectivity index (χ4v) is 13.3. The molecule has 0 bridgehead atoms. The molecule has 0 atom stereocenters. The minimum atomic E-state index is -5.15. The van der Waals surface area contributed by atoms with Gasteiger partial charge in [-0.25, -0.2) is 0 Å². The number of rotatable bonds is 8. The molecule has 13 aromatic rings. The molecule has 0 N–H and O–H groups in total. The molecule has 0 amide bonds. The van der Waals surface area contributed by atoms with Gasteiger partial charge < -0.3 is 9.13 Å². The number of alkyl halides is 6. The quantitative estimate of drug-likeness (QED) is 0.140. The van der Waals surface area contributed by atoms with Crippen molar-refractivity contribution >= 4 is 43.6 Å². The zero-order chi connectivity index (χ0) is 60.2. The highest BCUT2D eigenvalue weighted by Crippen LogP contribution is 2.49. The van der Waals surface area contributed by atoms with Gasteiger partial charge in [-0.3, -0.25) is 0 Å². The highest BCUT2D eigenvalue weighted by atomic mass is 19.4. The van der Waals surface area contributed by atoms with Crippen LogP contribution in [0.4, 0.5) is 26.3 Å². The first-order valence-electron chi connectivity index (χ1n) is 28.5. The number of fused-ring (bicyclic) bond motifs is 6. The van der Waals surface area contributed by atoms with Gasteiger partial charge in [-0.15, -0.1) is 0 Å². The second kappa shape index (κ2) is 20.7. The molecule has 2 heterocycles. The highest BCUT2D eigenvalue weighted by molar-refractivity contribution is 6.14. The van der Waals surface area contributed by atoms with Gasteiger partial charge in [0.2, 0.25) is 0 Å². The van der Waals surface area contributed by atoms with Crippen molar-refractivity contribution < 1.29 is 26.3 Å². The van der Waals surface area contributed by atoms with Crippen molar-refractivity contribution in [2.24, 2.45) is 0 Å². The van der Waals surface area contributed by atoms with E-state index in [-0.39, 0.29) is 5.56 Å². The molecular formula is C77H57F6N3. The molecule has 0 radical (unpaired) electrons. The highest BCUT2D eigenvalue weighted by Gasteiger charge is 2.41. The van der Waals surface area contributed by atoms with Crippen molar-refractivity contribution in [1.82, 2.24) is 9.13 Å². The number of halogens is 6. The second-order valence-electron chi connectivity index (χ2n) is 23.4. The van der Waals surface area contributed by atoms with Gasteiger partial charge >= 0.3 is 12.4 Å². The van der Waals surface area contributed by atoms with Gasteiger partial charge in [-0.05, 0) is 190 Å². The molecule has 422 valence electrons. The van der Waals surface area contributed by atoms with Crippen molar-refractivity contribution in [3.05, 3.63) is 261 Å². The Labute approximate surface area is 495 Å². The summed E-state index contributed by atoms with van der Waals surface area (Å²) >= 11 is 0. The molecule has 0 unspecified atom stereocenters. The predicted molar refractivity (Wildman–Crippen MR) is 340 cm³/mol. The summed E-state index contributed by atoms with van der Waals surface area (Å²) in [4.78, 5) is 0. The van der Waals surface area contributed by atoms with Crippen LogP contribution in [0.15, 0.2) is 200 Å². The van der Waals surface area contributed by atoms with Crippen LogP contribution < -0.4 is 0 Å². The van der Waals surface area contributed by atoms with Crippen LogP contribution in [0.3, 0.4) is 0 Å². The summed E-state index contributed by atoms with van der Waals surface area (Å²) < 4.78 is 96.3. The Morgan fingerprint density at radius 3 is 0.953 bits per heavy atom. The Kier molecular flexibility index (Phi) is 13.3. The van der Waals surface area contributed by atoms with E-state index in [1.165, 1.54) is 12.1 Å². The minimum Gasteiger partial charge on any atom is -0.309 e. The van der Waals surface area contributed by atoms with Gasteiger partial charge in [-0.2, -0.15) is 31.6 Å². The zero-order valence-corrected chi connectivity index (χ0v) is 48.7. The van der Waals surface area contributed by atoms with Gasteiger partial charge in [0, 0.05) is 38.2 Å². The summed E-state index contributed by atoms with van der Waals surface area (Å²) in [5, 5.41) is 14.4. The Morgan fingerprint density at radius 1 is 0.302 bits per heavy atom. The number of hydrogen-bond acceptors (Lipinski definition) is 1. The topological polar surface area (TPSA) is 33.6 Å². The SMILES string of the molecule is Cc1cc(C)cc(-c2ccc3c(c2)c2cc(-c4cc(C)cc(C)c4)ccc2n3-c2ccc(-c3c(C(F)(F)F)cccc3C(F)(F)F)cc2-c2ccc(C#N)cc2-n2c3ccc(-c4cc(C)cc(C)c4)cc3c3cc(-c4cc(C)cc(C)c4)ccc32)c1. The molecule has 0 fully saturated rings. The van der Waals surface area contributed by atoms with Crippen molar-refractivity contribution in [1.29, 1.82) is 5.26 Å². The third-order valence-electron chi connectivity index (χ3n) is 16.6. The maximum atomic E-state index is 15.4. The maximum absolute atomic E-state index is 15.4. The summed E-state index contributed by atoms with van der Waals surface area (Å²) in [6.45, 7) is 16.6. The number of nitrogens with zero attached hydrogens (tertiary/aromatic N) is 3. The third kappa shape index (κ3) is 9.89. The Hall–Kier alpha value is -9.91. The molecule has 11 aromatic carbocycles. The van der Waals surface area contributed by atoms with E-state index in [0.717, 1.165) is 139 Å². The molecule has 0 aliphatic rings. The lowest BCUT2D eigenvalue weighted by Crippen LogP contribution is -2.14. The largest absolute Gasteiger partial charge is 0.417 e. The lowest BCUT2D eigenvalue weighted by atomic mass is 9.90. The normalized spacial score (nSPS) is 12.1. The van der Waals surface area contributed by atoms with Gasteiger partial charge in [0.25, 0.3) is 0 Å². The fraction of sp³-hybridized carbons (Fsp3) is 0.130. The molecule has 2 aromatic heterocycles. The van der Waals surface area contributed by atoms with E-state index in [1.54, 1.807) is 24.3 Å². The molecule has 0 aliphatic carbocycles. The van der Waals surface area contributed by atoms with Crippen molar-refractivity contribution in [3.63, 3.8) is 0 Å². The maximum Gasteiger partial charge on any atom is 0.417 e. The smallest absolute Gasteiger partial charge is 0.309 e. The molecule has 0 saturated carbocycles. The monoisotopic (exact) mass is 1140 g/mol. The average molecular weight is 1140 g/mol. The van der Waals surface area contributed by atoms with Crippen LogP contribution >= 0.6 is 0 Å². The molecular weight excluding hydrogens is 1080 g/mol. The lowest BCUT2D eigenvalue weighted by Gasteiger charge is -2.22. The number of benzene rings is 11. The van der Waals surface area contributed by atoms with E-state index in [9.17, 15) is 5.26 Å². The number of hydrogen-bond donors (Lipinski definition) is 0. The second-order valence-corrected chi connectivity index (χ2v) is 23.4. The average Bonchev–Trinajstić information content (AvgIpc) is 1.63. The standard InChI is InChI=1S/C77H57F6N3/c1-43-24-44(2)29-57(28-43)52-13-19-70-63(37-52)64-38-53(58-30-45(3)25-46(4)31-58)14-20-71(64)85(70)69-23-17-56(75-67(76(78,79)80)10-9-11-68(75)77(81,82)83)41-62(69)61-18-12-51(42-84)36-74(61)86-72-21-15-54(59-32-47(5)26-48(6)33-59)39-65(72)66-40-55(16-22-73(66)86)60-34-49(7)27-50(8)35-60/h9-41H,1-8H3. The van der Waals surface area contributed by atoms with Gasteiger partial charge in [0.15, 0.2) is 0 Å². The van der Waals surface area contributed by atoms with Gasteiger partial charge in [0.1, 0.15) is 0 Å². The van der Waals surface area contributed by atoms with E-state index in [1.807, 2.05) is 12.1 Å². The summed E-state index contributed by atoms with van der Waals surface area (Å²) in [6, 6.07) is 65.1. The van der Waals surface area contributed by atoms with Crippen molar-refractivity contribution in [3.8, 4) is 84.2 Å². The van der Waals surface area contributed by atoms with Crippen LogP contribution in [0.2, 0.25) is 0 Å². The van der Waals surface area contributed by atoms with E-state index in [4.69, 9.17) is 0 Å². The van der Waals surface area contributed by atoms with Crippen LogP contribution in [0.1, 0.15) is 61.2 Å². The van der Waals surface area contributed by atoms with E-state index >= 15 is 26.3 Å². The molecule has 13 rings (SSSR count). The van der Waals surface area contributed by atoms with Gasteiger partial charge in [-0.1, -0.05) is 160 Å². The van der Waals surface area contributed by atoms with Crippen LogP contribution in [0.5, 0.6) is 0 Å². The van der Waals surface area contributed by atoms with E-state index in [0.29, 0.717) is 40.2 Å². The van der Waals surface area contributed by atoms with Crippen molar-refractivity contribution in [2.75, 3.05) is 0 Å². The Bertz CT molecular complexity index is 4690. The van der Waals surface area contributed by atoms with Crippen LogP contribution in [0.25, 0.3) is 122 Å². The van der Waals surface area contributed by atoms with Crippen LogP contribution in [-0.4, -0.2) is 9.13 Å². The number of nitriles is 1. The Morgan fingerprint density at radius 2 is 0.628 bits per heavy atom. The van der Waals surface area contributed by atoms with Gasteiger partial charge in [0.05, 0.1) is 56.2 Å². The first kappa shape index (κ1) is 55.3. The summed E-state index contributed by atoms with van der Waals surface area (Å²) in [5.41, 5.74) is 18.0. The predicted octanol–water partition coefficient (Wildman–Crippen LogP) is 22.3. The first-order valence-corrected chi connectivity index (χ1v) is 28.5. The van der Waals surface area contributed by atoms with Crippen molar-refractivity contribution in [2.45, 2.75) is 67.7 Å². The number of aryl methyl sites for hydroxylation is 8. The molecule has 0 saturated heterocycles.